The van der Waals surface area contributed by atoms with Gasteiger partial charge in [-0.1, -0.05) is 37.3 Å². The predicted molar refractivity (Wildman–Crippen MR) is 94.8 cm³/mol. The van der Waals surface area contributed by atoms with E-state index in [1.54, 1.807) is 12.1 Å². The van der Waals surface area contributed by atoms with Gasteiger partial charge in [-0.15, -0.1) is 0 Å². The summed E-state index contributed by atoms with van der Waals surface area (Å²) in [5.74, 6) is 0. The van der Waals surface area contributed by atoms with Gasteiger partial charge in [0, 0.05) is 25.0 Å². The van der Waals surface area contributed by atoms with Crippen LogP contribution in [0, 0.1) is 0 Å². The molecular weight excluding hydrogens is 306 g/mol. The zero-order valence-corrected chi connectivity index (χ0v) is 14.5. The fourth-order valence-electron chi connectivity index (χ4n) is 3.29. The minimum Gasteiger partial charge on any atom is -0.371 e. The van der Waals surface area contributed by atoms with Crippen LogP contribution in [0.2, 0.25) is 0 Å². The third-order valence-corrected chi connectivity index (χ3v) is 6.10. The summed E-state index contributed by atoms with van der Waals surface area (Å²) in [4.78, 5) is 2.73. The third kappa shape index (κ3) is 3.42. The average molecular weight is 329 g/mol. The molecule has 3 nitrogen and oxygen atoms in total. The zero-order chi connectivity index (χ0) is 16.5. The molecule has 0 aromatic heterocycles. The van der Waals surface area contributed by atoms with Crippen LogP contribution in [-0.4, -0.2) is 27.8 Å². The molecule has 1 aliphatic rings. The van der Waals surface area contributed by atoms with Crippen molar-refractivity contribution >= 4 is 15.5 Å². The van der Waals surface area contributed by atoms with Crippen LogP contribution in [0.3, 0.4) is 0 Å². The van der Waals surface area contributed by atoms with Crippen LogP contribution in [0.15, 0.2) is 59.5 Å². The minimum absolute atomic E-state index is 0.227. The van der Waals surface area contributed by atoms with Crippen molar-refractivity contribution in [1.29, 1.82) is 0 Å². The highest BCUT2D eigenvalue weighted by atomic mass is 32.2. The summed E-state index contributed by atoms with van der Waals surface area (Å²) in [6.07, 6.45) is 3.45. The van der Waals surface area contributed by atoms with Gasteiger partial charge in [-0.3, -0.25) is 0 Å². The Labute approximate surface area is 138 Å². The Bertz CT molecular complexity index is 759. The summed E-state index contributed by atoms with van der Waals surface area (Å²) in [6.45, 7) is 4.32. The molecule has 1 saturated heterocycles. The van der Waals surface area contributed by atoms with Gasteiger partial charge in [0.05, 0.1) is 4.90 Å². The topological polar surface area (TPSA) is 37.4 Å². The van der Waals surface area contributed by atoms with Crippen LogP contribution in [0.5, 0.6) is 0 Å². The van der Waals surface area contributed by atoms with Gasteiger partial charge in [-0.25, -0.2) is 8.42 Å². The van der Waals surface area contributed by atoms with E-state index in [0.29, 0.717) is 4.90 Å². The van der Waals surface area contributed by atoms with Crippen LogP contribution in [0.4, 0.5) is 5.69 Å². The molecule has 0 aliphatic carbocycles. The molecule has 3 rings (SSSR count). The molecule has 2 aromatic rings. The maximum atomic E-state index is 11.5. The first-order chi connectivity index (χ1) is 10.9. The van der Waals surface area contributed by atoms with E-state index < -0.39 is 9.84 Å². The van der Waals surface area contributed by atoms with E-state index in [1.807, 2.05) is 12.1 Å². The van der Waals surface area contributed by atoms with Crippen molar-refractivity contribution in [2.75, 3.05) is 24.2 Å². The Morgan fingerprint density at radius 3 is 2.00 bits per heavy atom. The second-order valence-corrected chi connectivity index (χ2v) is 8.70. The molecule has 0 amide bonds. The number of nitrogens with zero attached hydrogens (tertiary/aromatic N) is 1. The molecule has 0 saturated carbocycles. The largest absolute Gasteiger partial charge is 0.371 e. The van der Waals surface area contributed by atoms with E-state index in [4.69, 9.17) is 0 Å². The molecule has 0 radical (unpaired) electrons. The van der Waals surface area contributed by atoms with Crippen LogP contribution in [0.25, 0.3) is 0 Å². The fraction of sp³-hybridized carbons (Fsp3) is 0.368. The first-order valence-electron chi connectivity index (χ1n) is 7.99. The fourth-order valence-corrected chi connectivity index (χ4v) is 3.92. The van der Waals surface area contributed by atoms with Gasteiger partial charge in [0.15, 0.2) is 9.84 Å². The quantitative estimate of drug-likeness (QED) is 0.862. The SMILES string of the molecule is CC1(c2ccccc2)CCN(c2ccc(S(C)(=O)=O)cc2)CC1. The average Bonchev–Trinajstić information content (AvgIpc) is 2.56. The summed E-state index contributed by atoms with van der Waals surface area (Å²) in [5, 5.41) is 0. The van der Waals surface area contributed by atoms with E-state index in [1.165, 1.54) is 11.8 Å². The molecule has 0 N–H and O–H groups in total. The Morgan fingerprint density at radius 1 is 0.913 bits per heavy atom. The molecule has 1 heterocycles. The van der Waals surface area contributed by atoms with E-state index in [0.717, 1.165) is 31.6 Å². The first kappa shape index (κ1) is 16.1. The minimum atomic E-state index is -3.12. The summed E-state index contributed by atoms with van der Waals surface area (Å²) < 4.78 is 23.1. The summed E-state index contributed by atoms with van der Waals surface area (Å²) >= 11 is 0. The number of anilines is 1. The standard InChI is InChI=1S/C19H23NO2S/c1-19(16-6-4-3-5-7-16)12-14-20(15-13-19)17-8-10-18(11-9-17)23(2,21)22/h3-11H,12-15H2,1-2H3. The molecule has 23 heavy (non-hydrogen) atoms. The lowest BCUT2D eigenvalue weighted by Crippen LogP contribution is -2.41. The van der Waals surface area contributed by atoms with Gasteiger partial charge < -0.3 is 4.90 Å². The zero-order valence-electron chi connectivity index (χ0n) is 13.7. The number of hydrogen-bond acceptors (Lipinski definition) is 3. The van der Waals surface area contributed by atoms with Gasteiger partial charge in [0.25, 0.3) is 0 Å². The lowest BCUT2D eigenvalue weighted by molar-refractivity contribution is 0.362. The maximum Gasteiger partial charge on any atom is 0.175 e. The van der Waals surface area contributed by atoms with Crippen LogP contribution < -0.4 is 4.90 Å². The monoisotopic (exact) mass is 329 g/mol. The number of sulfone groups is 1. The predicted octanol–water partition coefficient (Wildman–Crippen LogP) is 3.65. The molecule has 122 valence electrons. The lowest BCUT2D eigenvalue weighted by Gasteiger charge is -2.41. The van der Waals surface area contributed by atoms with Crippen molar-refractivity contribution in [1.82, 2.24) is 0 Å². The smallest absolute Gasteiger partial charge is 0.175 e. The summed E-state index contributed by atoms with van der Waals surface area (Å²) in [6, 6.07) is 18.0. The van der Waals surface area contributed by atoms with E-state index >= 15 is 0 Å². The van der Waals surface area contributed by atoms with Gasteiger partial charge in [0.2, 0.25) is 0 Å². The summed E-state index contributed by atoms with van der Waals surface area (Å²) in [5.41, 5.74) is 2.74. The molecular formula is C19H23NO2S. The Hall–Kier alpha value is -1.81. The number of hydrogen-bond donors (Lipinski definition) is 0. The normalized spacial score (nSPS) is 17.9. The Morgan fingerprint density at radius 2 is 1.48 bits per heavy atom. The highest BCUT2D eigenvalue weighted by Gasteiger charge is 2.31. The van der Waals surface area contributed by atoms with Gasteiger partial charge >= 0.3 is 0 Å². The molecule has 1 aliphatic heterocycles. The van der Waals surface area contributed by atoms with Crippen molar-refractivity contribution in [3.8, 4) is 0 Å². The second-order valence-electron chi connectivity index (χ2n) is 6.68. The van der Waals surface area contributed by atoms with E-state index in [9.17, 15) is 8.42 Å². The van der Waals surface area contributed by atoms with Crippen molar-refractivity contribution in [2.24, 2.45) is 0 Å². The van der Waals surface area contributed by atoms with Crippen LogP contribution in [0.1, 0.15) is 25.3 Å². The second kappa shape index (κ2) is 6.00. The van der Waals surface area contributed by atoms with E-state index in [2.05, 4.69) is 42.2 Å². The van der Waals surface area contributed by atoms with Crippen molar-refractivity contribution in [3.63, 3.8) is 0 Å². The highest BCUT2D eigenvalue weighted by molar-refractivity contribution is 7.90. The molecule has 1 fully saturated rings. The third-order valence-electron chi connectivity index (χ3n) is 4.97. The van der Waals surface area contributed by atoms with Crippen molar-refractivity contribution in [2.45, 2.75) is 30.1 Å². The Kier molecular flexibility index (Phi) is 4.19. The molecule has 0 spiro atoms. The van der Waals surface area contributed by atoms with Crippen molar-refractivity contribution < 1.29 is 8.42 Å². The van der Waals surface area contributed by atoms with Gasteiger partial charge in [-0.05, 0) is 48.1 Å². The number of rotatable bonds is 3. The van der Waals surface area contributed by atoms with Crippen molar-refractivity contribution in [3.05, 3.63) is 60.2 Å². The molecule has 0 bridgehead atoms. The van der Waals surface area contributed by atoms with E-state index in [-0.39, 0.29) is 5.41 Å². The van der Waals surface area contributed by atoms with Crippen LogP contribution >= 0.6 is 0 Å². The number of benzene rings is 2. The molecule has 0 atom stereocenters. The molecule has 0 unspecified atom stereocenters. The summed E-state index contributed by atoms with van der Waals surface area (Å²) in [7, 11) is -3.12. The van der Waals surface area contributed by atoms with Gasteiger partial charge in [-0.2, -0.15) is 0 Å². The first-order valence-corrected chi connectivity index (χ1v) is 9.88. The molecule has 4 heteroatoms. The lowest BCUT2D eigenvalue weighted by atomic mass is 9.74. The Balaban J connectivity index is 1.72. The maximum absolute atomic E-state index is 11.5. The number of piperidine rings is 1. The highest BCUT2D eigenvalue weighted by Crippen LogP contribution is 2.36. The molecule has 2 aromatic carbocycles. The van der Waals surface area contributed by atoms with Gasteiger partial charge in [0.1, 0.15) is 0 Å². The van der Waals surface area contributed by atoms with Crippen LogP contribution in [-0.2, 0) is 15.3 Å².